The van der Waals surface area contributed by atoms with Crippen LogP contribution in [0.25, 0.3) is 0 Å². The Balaban J connectivity index is 1.87. The lowest BCUT2D eigenvalue weighted by atomic mass is 10.0. The van der Waals surface area contributed by atoms with E-state index in [1.807, 2.05) is 24.3 Å². The molecule has 25 heavy (non-hydrogen) atoms. The third kappa shape index (κ3) is 5.57. The van der Waals surface area contributed by atoms with Crippen molar-refractivity contribution < 1.29 is 9.47 Å². The molecule has 0 amide bonds. The zero-order valence-electron chi connectivity index (χ0n) is 14.8. The molecule has 3 N–H and O–H groups in total. The maximum Gasteiger partial charge on any atom is 0.193 e. The van der Waals surface area contributed by atoms with Crippen molar-refractivity contribution in [2.45, 2.75) is 19.8 Å². The SMILES string of the molecule is COc1ccc(NC(N)=NCCOc2ccccc2C(C)C)cc1Cl. The van der Waals surface area contributed by atoms with Crippen LogP contribution in [0.1, 0.15) is 25.3 Å². The molecule has 0 atom stereocenters. The first-order chi connectivity index (χ1) is 12.0. The number of para-hydroxylation sites is 1. The first-order valence-electron chi connectivity index (χ1n) is 8.13. The highest BCUT2D eigenvalue weighted by molar-refractivity contribution is 6.32. The smallest absolute Gasteiger partial charge is 0.193 e. The second-order valence-corrected chi connectivity index (χ2v) is 6.19. The highest BCUT2D eigenvalue weighted by atomic mass is 35.5. The molecular formula is C19H24ClN3O2. The number of ether oxygens (including phenoxy) is 2. The van der Waals surface area contributed by atoms with E-state index in [4.69, 9.17) is 26.8 Å². The van der Waals surface area contributed by atoms with Gasteiger partial charge in [-0.3, -0.25) is 0 Å². The van der Waals surface area contributed by atoms with Crippen molar-refractivity contribution in [1.82, 2.24) is 0 Å². The number of benzene rings is 2. The summed E-state index contributed by atoms with van der Waals surface area (Å²) in [6.07, 6.45) is 0. The standard InChI is InChI=1S/C19H24ClN3O2/c1-13(2)15-6-4-5-7-17(15)25-11-10-22-19(21)23-14-8-9-18(24-3)16(20)12-14/h4-9,12-13H,10-11H2,1-3H3,(H3,21,22,23). The van der Waals surface area contributed by atoms with Gasteiger partial charge in [-0.1, -0.05) is 43.6 Å². The van der Waals surface area contributed by atoms with Gasteiger partial charge in [0.2, 0.25) is 0 Å². The summed E-state index contributed by atoms with van der Waals surface area (Å²) in [4.78, 5) is 4.27. The predicted octanol–water partition coefficient (Wildman–Crippen LogP) is 4.28. The van der Waals surface area contributed by atoms with Crippen molar-refractivity contribution in [3.8, 4) is 11.5 Å². The van der Waals surface area contributed by atoms with Gasteiger partial charge in [0.15, 0.2) is 5.96 Å². The largest absolute Gasteiger partial charge is 0.495 e. The van der Waals surface area contributed by atoms with E-state index in [2.05, 4.69) is 30.2 Å². The van der Waals surface area contributed by atoms with E-state index in [1.54, 1.807) is 19.2 Å². The highest BCUT2D eigenvalue weighted by Gasteiger charge is 2.06. The van der Waals surface area contributed by atoms with Crippen molar-refractivity contribution in [2.75, 3.05) is 25.6 Å². The number of aliphatic imine (C=N–C) groups is 1. The minimum atomic E-state index is 0.307. The van der Waals surface area contributed by atoms with Crippen molar-refractivity contribution in [2.24, 2.45) is 10.7 Å². The minimum Gasteiger partial charge on any atom is -0.495 e. The summed E-state index contributed by atoms with van der Waals surface area (Å²) in [5, 5.41) is 3.50. The van der Waals surface area contributed by atoms with Crippen LogP contribution in [0.2, 0.25) is 5.02 Å². The van der Waals surface area contributed by atoms with Crippen LogP contribution in [-0.4, -0.2) is 26.2 Å². The molecule has 0 aromatic heterocycles. The molecule has 0 saturated carbocycles. The molecule has 2 aromatic rings. The van der Waals surface area contributed by atoms with Gasteiger partial charge < -0.3 is 20.5 Å². The number of guanidine groups is 1. The van der Waals surface area contributed by atoms with Crippen molar-refractivity contribution >= 4 is 23.2 Å². The summed E-state index contributed by atoms with van der Waals surface area (Å²) < 4.78 is 10.9. The Morgan fingerprint density at radius 1 is 1.20 bits per heavy atom. The normalized spacial score (nSPS) is 11.5. The van der Waals surface area contributed by atoms with Crippen LogP contribution >= 0.6 is 11.6 Å². The van der Waals surface area contributed by atoms with Crippen LogP contribution in [0.3, 0.4) is 0 Å². The second-order valence-electron chi connectivity index (χ2n) is 5.78. The van der Waals surface area contributed by atoms with E-state index in [9.17, 15) is 0 Å². The summed E-state index contributed by atoms with van der Waals surface area (Å²) in [6.45, 7) is 5.19. The van der Waals surface area contributed by atoms with Crippen molar-refractivity contribution in [1.29, 1.82) is 0 Å². The second kappa shape index (κ2) is 9.18. The fourth-order valence-corrected chi connectivity index (χ4v) is 2.60. The summed E-state index contributed by atoms with van der Waals surface area (Å²) in [5.74, 6) is 2.22. The van der Waals surface area contributed by atoms with Gasteiger partial charge in [-0.05, 0) is 35.7 Å². The van der Waals surface area contributed by atoms with Gasteiger partial charge in [0.1, 0.15) is 18.1 Å². The summed E-state index contributed by atoms with van der Waals surface area (Å²) in [6, 6.07) is 13.4. The third-order valence-electron chi connectivity index (χ3n) is 3.60. The summed E-state index contributed by atoms with van der Waals surface area (Å²) in [7, 11) is 1.57. The average Bonchev–Trinajstić information content (AvgIpc) is 2.59. The molecule has 0 aliphatic carbocycles. The van der Waals surface area contributed by atoms with Gasteiger partial charge in [-0.15, -0.1) is 0 Å². The third-order valence-corrected chi connectivity index (χ3v) is 3.89. The van der Waals surface area contributed by atoms with E-state index in [0.717, 1.165) is 11.4 Å². The molecule has 0 heterocycles. The van der Waals surface area contributed by atoms with Crippen LogP contribution in [0.4, 0.5) is 5.69 Å². The molecule has 134 valence electrons. The first-order valence-corrected chi connectivity index (χ1v) is 8.51. The number of hydrogen-bond donors (Lipinski definition) is 2. The number of methoxy groups -OCH3 is 1. The lowest BCUT2D eigenvalue weighted by Gasteiger charge is -2.13. The predicted molar refractivity (Wildman–Crippen MR) is 104 cm³/mol. The minimum absolute atomic E-state index is 0.307. The van der Waals surface area contributed by atoms with Crippen LogP contribution in [0.15, 0.2) is 47.5 Å². The van der Waals surface area contributed by atoms with Gasteiger partial charge >= 0.3 is 0 Å². The molecular weight excluding hydrogens is 338 g/mol. The molecule has 6 heteroatoms. The molecule has 0 bridgehead atoms. The molecule has 0 saturated heterocycles. The van der Waals surface area contributed by atoms with Crippen LogP contribution in [0.5, 0.6) is 11.5 Å². The maximum absolute atomic E-state index is 6.08. The van der Waals surface area contributed by atoms with E-state index < -0.39 is 0 Å². The number of anilines is 1. The Morgan fingerprint density at radius 3 is 2.64 bits per heavy atom. The molecule has 5 nitrogen and oxygen atoms in total. The number of halogens is 1. The van der Waals surface area contributed by atoms with Gasteiger partial charge in [0, 0.05) is 5.69 Å². The first kappa shape index (κ1) is 18.9. The lowest BCUT2D eigenvalue weighted by Crippen LogP contribution is -2.23. The Labute approximate surface area is 153 Å². The molecule has 0 spiro atoms. The van der Waals surface area contributed by atoms with Crippen molar-refractivity contribution in [3.05, 3.63) is 53.1 Å². The quantitative estimate of drug-likeness (QED) is 0.439. The van der Waals surface area contributed by atoms with E-state index in [1.165, 1.54) is 5.56 Å². The summed E-state index contributed by atoms with van der Waals surface area (Å²) in [5.41, 5.74) is 7.83. The number of hydrogen-bond acceptors (Lipinski definition) is 3. The number of nitrogens with zero attached hydrogens (tertiary/aromatic N) is 1. The Hall–Kier alpha value is -2.40. The molecule has 2 rings (SSSR count). The monoisotopic (exact) mass is 361 g/mol. The molecule has 0 fully saturated rings. The highest BCUT2D eigenvalue weighted by Crippen LogP contribution is 2.27. The average molecular weight is 362 g/mol. The fourth-order valence-electron chi connectivity index (χ4n) is 2.34. The summed E-state index contributed by atoms with van der Waals surface area (Å²) >= 11 is 6.08. The fraction of sp³-hybridized carbons (Fsp3) is 0.316. The van der Waals surface area contributed by atoms with Crippen LogP contribution in [0, 0.1) is 0 Å². The van der Waals surface area contributed by atoms with E-state index >= 15 is 0 Å². The van der Waals surface area contributed by atoms with Crippen LogP contribution < -0.4 is 20.5 Å². The zero-order chi connectivity index (χ0) is 18.2. The molecule has 2 aromatic carbocycles. The van der Waals surface area contributed by atoms with Crippen molar-refractivity contribution in [3.63, 3.8) is 0 Å². The Kier molecular flexibility index (Phi) is 6.95. The Bertz CT molecular complexity index is 732. The Morgan fingerprint density at radius 2 is 1.96 bits per heavy atom. The van der Waals surface area contributed by atoms with Gasteiger partial charge in [-0.25, -0.2) is 4.99 Å². The molecule has 0 radical (unpaired) electrons. The van der Waals surface area contributed by atoms with E-state index in [0.29, 0.717) is 35.8 Å². The number of nitrogens with one attached hydrogen (secondary N) is 1. The maximum atomic E-state index is 6.08. The van der Waals surface area contributed by atoms with Gasteiger partial charge in [0.05, 0.1) is 18.7 Å². The molecule has 0 aliphatic rings. The number of nitrogens with two attached hydrogens (primary N) is 1. The molecule has 0 unspecified atom stereocenters. The molecule has 0 aliphatic heterocycles. The topological polar surface area (TPSA) is 68.9 Å². The number of rotatable bonds is 7. The van der Waals surface area contributed by atoms with Gasteiger partial charge in [-0.2, -0.15) is 0 Å². The van der Waals surface area contributed by atoms with Gasteiger partial charge in [0.25, 0.3) is 0 Å². The van der Waals surface area contributed by atoms with Crippen LogP contribution in [-0.2, 0) is 0 Å². The lowest BCUT2D eigenvalue weighted by molar-refractivity contribution is 0.324. The zero-order valence-corrected chi connectivity index (χ0v) is 15.5. The van der Waals surface area contributed by atoms with E-state index in [-0.39, 0.29) is 0 Å².